The van der Waals surface area contributed by atoms with E-state index in [4.69, 9.17) is 0 Å². The minimum atomic E-state index is -4.50. The zero-order valence-electron chi connectivity index (χ0n) is 17.4. The molecule has 0 atom stereocenters. The predicted molar refractivity (Wildman–Crippen MR) is 115 cm³/mol. The Balaban J connectivity index is 2.00. The van der Waals surface area contributed by atoms with Crippen LogP contribution in [0.5, 0.6) is 0 Å². The molecule has 160 valence electrons. The molecule has 0 aliphatic heterocycles. The smallest absolute Gasteiger partial charge is 0.309 e. The molecule has 0 unspecified atom stereocenters. The Bertz CT molecular complexity index is 1060. The number of benzene rings is 2. The minimum absolute atomic E-state index is 0.00170. The molecular weight excluding hydrogens is 411 g/mol. The van der Waals surface area contributed by atoms with Crippen LogP contribution in [0, 0.1) is 13.8 Å². The van der Waals surface area contributed by atoms with Crippen molar-refractivity contribution in [2.75, 3.05) is 32.1 Å². The monoisotopic (exact) mass is 435 g/mol. The number of anilines is 1. The molecule has 0 saturated heterocycles. The molecule has 0 saturated carbocycles. The third-order valence-corrected chi connectivity index (χ3v) is 5.94. The highest BCUT2D eigenvalue weighted by molar-refractivity contribution is 7.22. The highest BCUT2D eigenvalue weighted by Gasteiger charge is 2.31. The fourth-order valence-corrected chi connectivity index (χ4v) is 4.33. The topological polar surface area (TPSA) is 36.4 Å². The van der Waals surface area contributed by atoms with Crippen molar-refractivity contribution >= 4 is 32.6 Å². The Morgan fingerprint density at radius 3 is 2.50 bits per heavy atom. The van der Waals surface area contributed by atoms with Gasteiger partial charge in [0.15, 0.2) is 5.13 Å². The van der Waals surface area contributed by atoms with Crippen LogP contribution < -0.4 is 4.90 Å². The van der Waals surface area contributed by atoms with Gasteiger partial charge >= 0.3 is 6.18 Å². The number of nitrogens with zero attached hydrogens (tertiary/aromatic N) is 3. The van der Waals surface area contributed by atoms with Crippen molar-refractivity contribution in [2.24, 2.45) is 0 Å². The highest BCUT2D eigenvalue weighted by Crippen LogP contribution is 2.34. The number of carbonyl (C=O) groups is 1. The largest absolute Gasteiger partial charge is 0.416 e. The zero-order valence-corrected chi connectivity index (χ0v) is 18.2. The molecule has 30 heavy (non-hydrogen) atoms. The van der Waals surface area contributed by atoms with Crippen LogP contribution in [0.15, 0.2) is 36.4 Å². The van der Waals surface area contributed by atoms with E-state index in [1.807, 2.05) is 38.9 Å². The molecule has 0 spiro atoms. The van der Waals surface area contributed by atoms with E-state index < -0.39 is 17.6 Å². The van der Waals surface area contributed by atoms with Gasteiger partial charge in [-0.1, -0.05) is 23.5 Å². The second-order valence-corrected chi connectivity index (χ2v) is 8.60. The van der Waals surface area contributed by atoms with E-state index >= 15 is 0 Å². The number of alkyl halides is 3. The van der Waals surface area contributed by atoms with E-state index in [0.29, 0.717) is 18.1 Å². The molecule has 0 bridgehead atoms. The molecular formula is C22H24F3N3OS. The van der Waals surface area contributed by atoms with Gasteiger partial charge in [-0.25, -0.2) is 4.98 Å². The van der Waals surface area contributed by atoms with Crippen LogP contribution in [-0.2, 0) is 6.18 Å². The number of amides is 1. The summed E-state index contributed by atoms with van der Waals surface area (Å²) < 4.78 is 40.4. The lowest BCUT2D eigenvalue weighted by Gasteiger charge is -2.21. The van der Waals surface area contributed by atoms with Crippen molar-refractivity contribution in [1.82, 2.24) is 9.88 Å². The molecule has 0 fully saturated rings. The number of hydrogen-bond acceptors (Lipinski definition) is 4. The SMILES string of the molecule is Cc1cc(C)c2sc(N(CCCN(C)C)C(=O)c3cccc(C(F)(F)F)c3)nc2c1. The second-order valence-electron chi connectivity index (χ2n) is 7.62. The molecule has 1 aromatic heterocycles. The van der Waals surface area contributed by atoms with Crippen molar-refractivity contribution in [1.29, 1.82) is 0 Å². The van der Waals surface area contributed by atoms with Crippen LogP contribution in [0.4, 0.5) is 18.3 Å². The summed E-state index contributed by atoms with van der Waals surface area (Å²) in [5.74, 6) is -0.478. The summed E-state index contributed by atoms with van der Waals surface area (Å²) in [7, 11) is 3.87. The van der Waals surface area contributed by atoms with Crippen molar-refractivity contribution < 1.29 is 18.0 Å². The summed E-state index contributed by atoms with van der Waals surface area (Å²) in [4.78, 5) is 21.4. The van der Waals surface area contributed by atoms with E-state index in [1.165, 1.54) is 28.4 Å². The van der Waals surface area contributed by atoms with E-state index in [1.54, 1.807) is 0 Å². The number of halogens is 3. The maximum absolute atomic E-state index is 13.2. The predicted octanol–water partition coefficient (Wildman–Crippen LogP) is 5.53. The van der Waals surface area contributed by atoms with Crippen LogP contribution in [0.3, 0.4) is 0 Å². The van der Waals surface area contributed by atoms with Gasteiger partial charge in [0.25, 0.3) is 5.91 Å². The van der Waals surface area contributed by atoms with Gasteiger partial charge < -0.3 is 4.90 Å². The number of fused-ring (bicyclic) bond motifs is 1. The lowest BCUT2D eigenvalue weighted by molar-refractivity contribution is -0.137. The third kappa shape index (κ3) is 4.99. The summed E-state index contributed by atoms with van der Waals surface area (Å²) in [5.41, 5.74) is 2.09. The number of carbonyl (C=O) groups excluding carboxylic acids is 1. The molecule has 4 nitrogen and oxygen atoms in total. The summed E-state index contributed by atoms with van der Waals surface area (Å²) >= 11 is 1.39. The molecule has 0 aliphatic rings. The molecule has 3 aromatic rings. The summed E-state index contributed by atoms with van der Waals surface area (Å²) in [6, 6.07) is 8.56. The van der Waals surface area contributed by atoms with Crippen molar-refractivity contribution in [3.63, 3.8) is 0 Å². The summed E-state index contributed by atoms with van der Waals surface area (Å²) in [6.07, 6.45) is -3.83. The van der Waals surface area contributed by atoms with E-state index in [2.05, 4.69) is 11.1 Å². The Kier molecular flexibility index (Phi) is 6.47. The maximum atomic E-state index is 13.2. The van der Waals surface area contributed by atoms with Gasteiger partial charge in [-0.05, 0) is 76.3 Å². The summed E-state index contributed by atoms with van der Waals surface area (Å²) in [5, 5.41) is 0.500. The van der Waals surface area contributed by atoms with Gasteiger partial charge in [0.05, 0.1) is 15.8 Å². The maximum Gasteiger partial charge on any atom is 0.416 e. The first-order valence-corrected chi connectivity index (χ1v) is 10.4. The van der Waals surface area contributed by atoms with Gasteiger partial charge in [0.2, 0.25) is 0 Å². The molecule has 2 aromatic carbocycles. The number of aryl methyl sites for hydroxylation is 2. The first-order valence-electron chi connectivity index (χ1n) is 9.58. The van der Waals surface area contributed by atoms with E-state index in [9.17, 15) is 18.0 Å². The fraction of sp³-hybridized carbons (Fsp3) is 0.364. The number of rotatable bonds is 6. The molecule has 1 heterocycles. The number of thiazole rings is 1. The fourth-order valence-electron chi connectivity index (χ4n) is 3.29. The standard InChI is InChI=1S/C22H24F3N3OS/c1-14-11-15(2)19-18(12-14)26-21(30-19)28(10-6-9-27(3)4)20(29)16-7-5-8-17(13-16)22(23,24)25/h5,7-8,11-13H,6,9-10H2,1-4H3. The Morgan fingerprint density at radius 2 is 1.83 bits per heavy atom. The van der Waals surface area contributed by atoms with Gasteiger partial charge in [0, 0.05) is 12.1 Å². The molecule has 0 N–H and O–H groups in total. The van der Waals surface area contributed by atoms with Crippen LogP contribution in [-0.4, -0.2) is 43.0 Å². The van der Waals surface area contributed by atoms with Crippen molar-refractivity contribution in [2.45, 2.75) is 26.4 Å². The lowest BCUT2D eigenvalue weighted by atomic mass is 10.1. The van der Waals surface area contributed by atoms with Crippen LogP contribution >= 0.6 is 11.3 Å². The minimum Gasteiger partial charge on any atom is -0.309 e. The quantitative estimate of drug-likeness (QED) is 0.511. The normalized spacial score (nSPS) is 12.0. The Morgan fingerprint density at radius 1 is 1.10 bits per heavy atom. The van der Waals surface area contributed by atoms with Gasteiger partial charge in [-0.3, -0.25) is 9.69 Å². The van der Waals surface area contributed by atoms with Gasteiger partial charge in [0.1, 0.15) is 0 Å². The van der Waals surface area contributed by atoms with Crippen LogP contribution in [0.2, 0.25) is 0 Å². The summed E-state index contributed by atoms with van der Waals surface area (Å²) in [6.45, 7) is 5.08. The third-order valence-electron chi connectivity index (χ3n) is 4.71. The van der Waals surface area contributed by atoms with Crippen LogP contribution in [0.25, 0.3) is 10.2 Å². The van der Waals surface area contributed by atoms with E-state index in [0.717, 1.165) is 40.0 Å². The highest BCUT2D eigenvalue weighted by atomic mass is 32.1. The average Bonchev–Trinajstić information content (AvgIpc) is 3.08. The number of hydrogen-bond donors (Lipinski definition) is 0. The molecule has 8 heteroatoms. The molecule has 1 amide bonds. The molecule has 3 rings (SSSR count). The second kappa shape index (κ2) is 8.73. The van der Waals surface area contributed by atoms with Crippen LogP contribution in [0.1, 0.15) is 33.5 Å². The molecule has 0 aliphatic carbocycles. The molecule has 0 radical (unpaired) electrons. The van der Waals surface area contributed by atoms with Crippen molar-refractivity contribution in [3.05, 3.63) is 58.7 Å². The average molecular weight is 436 g/mol. The first kappa shape index (κ1) is 22.2. The Hall–Kier alpha value is -2.45. The first-order chi connectivity index (χ1) is 14.1. The Labute approximate surface area is 177 Å². The van der Waals surface area contributed by atoms with E-state index in [-0.39, 0.29) is 5.56 Å². The number of aromatic nitrogens is 1. The zero-order chi connectivity index (χ0) is 22.1. The van der Waals surface area contributed by atoms with Gasteiger partial charge in [-0.15, -0.1) is 0 Å². The lowest BCUT2D eigenvalue weighted by Crippen LogP contribution is -2.33. The van der Waals surface area contributed by atoms with Crippen molar-refractivity contribution in [3.8, 4) is 0 Å². The van der Waals surface area contributed by atoms with Gasteiger partial charge in [-0.2, -0.15) is 13.2 Å².